The SMILES string of the molecule is Nc1ncc(C(=O)NCc2ccc(Br)cc2)cc1Cl. The van der Waals surface area contributed by atoms with Crippen LogP contribution in [0.3, 0.4) is 0 Å². The second-order valence-electron chi connectivity index (χ2n) is 3.90. The second-order valence-corrected chi connectivity index (χ2v) is 5.22. The van der Waals surface area contributed by atoms with Gasteiger partial charge in [0.1, 0.15) is 5.82 Å². The molecule has 0 bridgehead atoms. The van der Waals surface area contributed by atoms with Crippen LogP contribution >= 0.6 is 27.5 Å². The molecule has 0 aliphatic rings. The first kappa shape index (κ1) is 13.8. The highest BCUT2D eigenvalue weighted by molar-refractivity contribution is 9.10. The largest absolute Gasteiger partial charge is 0.382 e. The van der Waals surface area contributed by atoms with Crippen LogP contribution in [0.1, 0.15) is 15.9 Å². The van der Waals surface area contributed by atoms with E-state index in [0.717, 1.165) is 10.0 Å². The summed E-state index contributed by atoms with van der Waals surface area (Å²) < 4.78 is 0.997. The number of aromatic nitrogens is 1. The molecular formula is C13H11BrClN3O. The predicted octanol–water partition coefficient (Wildman–Crippen LogP) is 3.01. The van der Waals surface area contributed by atoms with Crippen molar-refractivity contribution in [2.24, 2.45) is 0 Å². The molecule has 2 aromatic rings. The minimum absolute atomic E-state index is 0.214. The van der Waals surface area contributed by atoms with Gasteiger partial charge in [-0.25, -0.2) is 4.98 Å². The van der Waals surface area contributed by atoms with Crippen LogP contribution in [0.4, 0.5) is 5.82 Å². The number of nitrogens with one attached hydrogen (secondary N) is 1. The lowest BCUT2D eigenvalue weighted by atomic mass is 10.2. The zero-order valence-electron chi connectivity index (χ0n) is 9.86. The summed E-state index contributed by atoms with van der Waals surface area (Å²) >= 11 is 9.17. The van der Waals surface area contributed by atoms with E-state index in [2.05, 4.69) is 26.2 Å². The fraction of sp³-hybridized carbons (Fsp3) is 0.0769. The Morgan fingerprint density at radius 3 is 2.68 bits per heavy atom. The van der Waals surface area contributed by atoms with Crippen LogP contribution in [0.2, 0.25) is 5.02 Å². The number of carbonyl (C=O) groups excluding carboxylic acids is 1. The average molecular weight is 341 g/mol. The maximum absolute atomic E-state index is 11.9. The molecule has 1 aromatic carbocycles. The van der Waals surface area contributed by atoms with E-state index < -0.39 is 0 Å². The Hall–Kier alpha value is -1.59. The molecule has 0 atom stereocenters. The van der Waals surface area contributed by atoms with Gasteiger partial charge < -0.3 is 11.1 Å². The molecule has 1 heterocycles. The Morgan fingerprint density at radius 1 is 1.37 bits per heavy atom. The van der Waals surface area contributed by atoms with Crippen molar-refractivity contribution in [2.75, 3.05) is 5.73 Å². The third-order valence-corrected chi connectivity index (χ3v) is 3.33. The van der Waals surface area contributed by atoms with E-state index in [0.29, 0.717) is 12.1 Å². The first-order valence-electron chi connectivity index (χ1n) is 5.50. The van der Waals surface area contributed by atoms with E-state index in [-0.39, 0.29) is 16.7 Å². The van der Waals surface area contributed by atoms with E-state index in [4.69, 9.17) is 17.3 Å². The van der Waals surface area contributed by atoms with E-state index in [9.17, 15) is 4.79 Å². The summed E-state index contributed by atoms with van der Waals surface area (Å²) in [5.74, 6) is -0.0246. The first-order chi connectivity index (χ1) is 9.06. The Morgan fingerprint density at radius 2 is 2.05 bits per heavy atom. The van der Waals surface area contributed by atoms with Crippen LogP contribution in [-0.4, -0.2) is 10.9 Å². The Kier molecular flexibility index (Phi) is 4.39. The van der Waals surface area contributed by atoms with Crippen LogP contribution in [0.5, 0.6) is 0 Å². The van der Waals surface area contributed by atoms with Crippen molar-refractivity contribution < 1.29 is 4.79 Å². The molecule has 0 aliphatic heterocycles. The van der Waals surface area contributed by atoms with E-state index in [1.54, 1.807) is 0 Å². The highest BCUT2D eigenvalue weighted by Crippen LogP contribution is 2.16. The summed E-state index contributed by atoms with van der Waals surface area (Å²) in [6.07, 6.45) is 1.40. The smallest absolute Gasteiger partial charge is 0.253 e. The van der Waals surface area contributed by atoms with Crippen molar-refractivity contribution in [1.82, 2.24) is 10.3 Å². The third-order valence-electron chi connectivity index (χ3n) is 2.50. The van der Waals surface area contributed by atoms with Crippen LogP contribution in [0, 0.1) is 0 Å². The van der Waals surface area contributed by atoms with Gasteiger partial charge in [0.25, 0.3) is 5.91 Å². The van der Waals surface area contributed by atoms with Crippen LogP contribution in [0.15, 0.2) is 41.0 Å². The zero-order valence-corrected chi connectivity index (χ0v) is 12.2. The maximum atomic E-state index is 11.9. The molecule has 6 heteroatoms. The maximum Gasteiger partial charge on any atom is 0.253 e. The third kappa shape index (κ3) is 3.68. The lowest BCUT2D eigenvalue weighted by Crippen LogP contribution is -2.23. The molecule has 0 saturated carbocycles. The van der Waals surface area contributed by atoms with Crippen molar-refractivity contribution in [1.29, 1.82) is 0 Å². The summed E-state index contributed by atoms with van der Waals surface area (Å²) in [5, 5.41) is 3.06. The average Bonchev–Trinajstić information content (AvgIpc) is 2.41. The van der Waals surface area contributed by atoms with Gasteiger partial charge in [-0.1, -0.05) is 39.7 Å². The number of anilines is 1. The number of pyridine rings is 1. The summed E-state index contributed by atoms with van der Waals surface area (Å²) in [6.45, 7) is 0.439. The molecule has 0 fully saturated rings. The van der Waals surface area contributed by atoms with Crippen molar-refractivity contribution in [2.45, 2.75) is 6.54 Å². The van der Waals surface area contributed by atoms with Gasteiger partial charge in [-0.15, -0.1) is 0 Å². The summed E-state index contributed by atoms with van der Waals surface area (Å²) in [4.78, 5) is 15.7. The molecule has 0 unspecified atom stereocenters. The molecule has 1 amide bonds. The number of hydrogen-bond donors (Lipinski definition) is 2. The number of nitrogens with two attached hydrogens (primary N) is 1. The monoisotopic (exact) mass is 339 g/mol. The highest BCUT2D eigenvalue weighted by atomic mass is 79.9. The van der Waals surface area contributed by atoms with E-state index in [1.165, 1.54) is 12.3 Å². The molecule has 98 valence electrons. The van der Waals surface area contributed by atoms with Crippen LogP contribution in [-0.2, 0) is 6.54 Å². The molecule has 19 heavy (non-hydrogen) atoms. The van der Waals surface area contributed by atoms with Gasteiger partial charge in [-0.3, -0.25) is 4.79 Å². The number of carbonyl (C=O) groups is 1. The standard InChI is InChI=1S/C13H11BrClN3O/c14-10-3-1-8(2-4-10)6-18-13(19)9-5-11(15)12(16)17-7-9/h1-5,7H,6H2,(H2,16,17)(H,18,19). The Balaban J connectivity index is 2.01. The summed E-state index contributed by atoms with van der Waals surface area (Å²) in [7, 11) is 0. The number of halogens is 2. The van der Waals surface area contributed by atoms with Gasteiger partial charge in [0.2, 0.25) is 0 Å². The van der Waals surface area contributed by atoms with Gasteiger partial charge >= 0.3 is 0 Å². The molecule has 1 aromatic heterocycles. The number of nitrogen functional groups attached to an aromatic ring is 1. The van der Waals surface area contributed by atoms with Gasteiger partial charge in [0.05, 0.1) is 10.6 Å². The quantitative estimate of drug-likeness (QED) is 0.902. The zero-order chi connectivity index (χ0) is 13.8. The van der Waals surface area contributed by atoms with Crippen LogP contribution < -0.4 is 11.1 Å². The molecule has 3 N–H and O–H groups in total. The fourth-order valence-electron chi connectivity index (χ4n) is 1.46. The van der Waals surface area contributed by atoms with Crippen LogP contribution in [0.25, 0.3) is 0 Å². The normalized spacial score (nSPS) is 10.2. The van der Waals surface area contributed by atoms with E-state index >= 15 is 0 Å². The van der Waals surface area contributed by atoms with E-state index in [1.807, 2.05) is 24.3 Å². The van der Waals surface area contributed by atoms with Crippen molar-refractivity contribution >= 4 is 39.3 Å². The molecule has 0 radical (unpaired) electrons. The summed E-state index contributed by atoms with van der Waals surface area (Å²) in [5.41, 5.74) is 6.88. The molecule has 0 saturated heterocycles. The lowest BCUT2D eigenvalue weighted by molar-refractivity contribution is 0.0950. The minimum Gasteiger partial charge on any atom is -0.382 e. The number of rotatable bonds is 3. The molecular weight excluding hydrogens is 330 g/mol. The summed E-state index contributed by atoms with van der Waals surface area (Å²) in [6, 6.07) is 9.20. The first-order valence-corrected chi connectivity index (χ1v) is 6.67. The van der Waals surface area contributed by atoms with Crippen molar-refractivity contribution in [3.05, 3.63) is 57.2 Å². The molecule has 0 aliphatic carbocycles. The van der Waals surface area contributed by atoms with Crippen molar-refractivity contribution in [3.63, 3.8) is 0 Å². The van der Waals surface area contributed by atoms with Gasteiger partial charge in [-0.2, -0.15) is 0 Å². The second kappa shape index (κ2) is 6.04. The number of amides is 1. The molecule has 0 spiro atoms. The topological polar surface area (TPSA) is 68.0 Å². The highest BCUT2D eigenvalue weighted by Gasteiger charge is 2.08. The van der Waals surface area contributed by atoms with Gasteiger partial charge in [0.15, 0.2) is 0 Å². The number of hydrogen-bond acceptors (Lipinski definition) is 3. The van der Waals surface area contributed by atoms with Gasteiger partial charge in [-0.05, 0) is 23.8 Å². The number of benzene rings is 1. The molecule has 2 rings (SSSR count). The fourth-order valence-corrected chi connectivity index (χ4v) is 1.89. The molecule has 4 nitrogen and oxygen atoms in total. The van der Waals surface area contributed by atoms with Gasteiger partial charge in [0, 0.05) is 17.2 Å². The minimum atomic E-state index is -0.239. The number of nitrogens with zero attached hydrogens (tertiary/aromatic N) is 1. The predicted molar refractivity (Wildman–Crippen MR) is 79.0 cm³/mol. The lowest BCUT2D eigenvalue weighted by Gasteiger charge is -2.06. The van der Waals surface area contributed by atoms with Crippen molar-refractivity contribution in [3.8, 4) is 0 Å². The Bertz CT molecular complexity index is 601. The Labute approximate surface area is 124 Å².